The van der Waals surface area contributed by atoms with Crippen LogP contribution in [0.1, 0.15) is 57.1 Å². The molecular weight excluding hydrogens is 466 g/mol. The molecule has 5 rings (SSSR count). The zero-order valence-corrected chi connectivity index (χ0v) is 21.9. The Morgan fingerprint density at radius 1 is 1.11 bits per heavy atom. The second kappa shape index (κ2) is 10.1. The highest BCUT2D eigenvalue weighted by Gasteiger charge is 2.43. The number of fused-ring (bicyclic) bond motifs is 4. The number of carbonyl (C=O) groups is 1. The minimum Gasteiger partial charge on any atom is -0.325 e. The monoisotopic (exact) mass is 499 g/mol. The van der Waals surface area contributed by atoms with E-state index in [0.717, 1.165) is 60.2 Å². The number of rotatable bonds is 6. The Bertz CT molecular complexity index is 1360. The lowest BCUT2D eigenvalue weighted by Crippen LogP contribution is -2.43. The molecule has 1 heterocycles. The third kappa shape index (κ3) is 4.66. The van der Waals surface area contributed by atoms with Crippen LogP contribution in [0.2, 0.25) is 0 Å². The molecule has 2 aliphatic carbocycles. The SMILES string of the molecule is C=C(C)Cn1c(S[C@@H](C)C(=O)Nc2ccccc2)nc2c(c1=O)C1(CCCCC1)Cc1ccccc1-2. The fourth-order valence-corrected chi connectivity index (χ4v) is 6.60. The number of benzene rings is 2. The van der Waals surface area contributed by atoms with Gasteiger partial charge < -0.3 is 5.32 Å². The van der Waals surface area contributed by atoms with Gasteiger partial charge in [0.05, 0.1) is 16.5 Å². The van der Waals surface area contributed by atoms with Crippen molar-refractivity contribution in [2.24, 2.45) is 0 Å². The molecule has 0 saturated heterocycles. The van der Waals surface area contributed by atoms with Crippen molar-refractivity contribution in [1.29, 1.82) is 0 Å². The summed E-state index contributed by atoms with van der Waals surface area (Å²) in [4.78, 5) is 32.4. The minimum absolute atomic E-state index is 0.0255. The molecule has 1 aromatic heterocycles. The van der Waals surface area contributed by atoms with Gasteiger partial charge in [0.1, 0.15) is 0 Å². The Morgan fingerprint density at radius 3 is 2.53 bits per heavy atom. The average Bonchev–Trinajstić information content (AvgIpc) is 2.87. The van der Waals surface area contributed by atoms with Gasteiger partial charge in [-0.05, 0) is 50.8 Å². The Hall–Kier alpha value is -3.12. The molecule has 3 aromatic rings. The number of nitrogens with zero attached hydrogens (tertiary/aromatic N) is 2. The first kappa shape index (κ1) is 24.6. The van der Waals surface area contributed by atoms with Crippen molar-refractivity contribution in [2.75, 3.05) is 5.32 Å². The Morgan fingerprint density at radius 2 is 1.81 bits per heavy atom. The molecule has 36 heavy (non-hydrogen) atoms. The molecule has 1 fully saturated rings. The summed E-state index contributed by atoms with van der Waals surface area (Å²) in [5.41, 5.74) is 5.48. The second-order valence-corrected chi connectivity index (χ2v) is 11.6. The molecule has 0 radical (unpaired) electrons. The number of para-hydroxylation sites is 1. The highest BCUT2D eigenvalue weighted by atomic mass is 32.2. The zero-order chi connectivity index (χ0) is 25.3. The zero-order valence-electron chi connectivity index (χ0n) is 21.0. The van der Waals surface area contributed by atoms with Crippen molar-refractivity contribution in [3.8, 4) is 11.3 Å². The number of hydrogen-bond acceptors (Lipinski definition) is 4. The number of nitrogens with one attached hydrogen (secondary N) is 1. The summed E-state index contributed by atoms with van der Waals surface area (Å²) in [5.74, 6) is -0.121. The van der Waals surface area contributed by atoms with Gasteiger partial charge in [0.2, 0.25) is 5.91 Å². The van der Waals surface area contributed by atoms with Crippen LogP contribution in [0.5, 0.6) is 0 Å². The molecule has 1 spiro atoms. The summed E-state index contributed by atoms with van der Waals surface area (Å²) >= 11 is 1.33. The Labute approximate surface area is 217 Å². The van der Waals surface area contributed by atoms with E-state index in [-0.39, 0.29) is 16.9 Å². The van der Waals surface area contributed by atoms with Crippen LogP contribution in [-0.2, 0) is 23.2 Å². The number of anilines is 1. The minimum atomic E-state index is -0.436. The standard InChI is InChI=1S/C30H33N3O2S/c1-20(2)19-33-28(35)25-26(24-15-9-8-12-22(24)18-30(25)16-10-5-11-17-30)32-29(33)36-21(3)27(34)31-23-13-6-4-7-14-23/h4,6-9,12-15,21H,1,5,10-11,16-19H2,2-3H3,(H,31,34)/t21-/m0/s1. The van der Waals surface area contributed by atoms with Crippen LogP contribution in [0.15, 0.2) is 76.7 Å². The van der Waals surface area contributed by atoms with Gasteiger partial charge in [0.15, 0.2) is 5.16 Å². The van der Waals surface area contributed by atoms with Crippen molar-refractivity contribution in [2.45, 2.75) is 74.7 Å². The van der Waals surface area contributed by atoms with E-state index in [1.54, 1.807) is 4.57 Å². The fourth-order valence-electron chi connectivity index (χ4n) is 5.70. The number of amides is 1. The molecule has 1 N–H and O–H groups in total. The van der Waals surface area contributed by atoms with Crippen LogP contribution in [-0.4, -0.2) is 20.7 Å². The van der Waals surface area contributed by atoms with Crippen LogP contribution < -0.4 is 10.9 Å². The summed E-state index contributed by atoms with van der Waals surface area (Å²) in [6, 6.07) is 17.8. The van der Waals surface area contributed by atoms with Crippen LogP contribution in [0.25, 0.3) is 11.3 Å². The molecule has 2 aromatic carbocycles. The van der Waals surface area contributed by atoms with E-state index in [9.17, 15) is 9.59 Å². The molecule has 186 valence electrons. The molecule has 0 bridgehead atoms. The summed E-state index contributed by atoms with van der Waals surface area (Å²) in [7, 11) is 0. The molecule has 2 aliphatic rings. The van der Waals surface area contributed by atoms with Crippen molar-refractivity contribution >= 4 is 23.4 Å². The van der Waals surface area contributed by atoms with E-state index < -0.39 is 5.25 Å². The maximum absolute atomic E-state index is 14.3. The van der Waals surface area contributed by atoms with Crippen molar-refractivity contribution in [1.82, 2.24) is 9.55 Å². The van der Waals surface area contributed by atoms with Gasteiger partial charge in [-0.25, -0.2) is 4.98 Å². The first-order chi connectivity index (χ1) is 17.4. The van der Waals surface area contributed by atoms with Crippen molar-refractivity contribution < 1.29 is 4.79 Å². The highest BCUT2D eigenvalue weighted by molar-refractivity contribution is 8.00. The molecule has 5 nitrogen and oxygen atoms in total. The summed E-state index contributed by atoms with van der Waals surface area (Å²) in [6.07, 6.45) is 6.40. The van der Waals surface area contributed by atoms with E-state index in [4.69, 9.17) is 4.98 Å². The predicted octanol–water partition coefficient (Wildman–Crippen LogP) is 6.36. The van der Waals surface area contributed by atoms with Gasteiger partial charge in [-0.1, -0.05) is 85.6 Å². The molecule has 1 saturated carbocycles. The molecule has 1 amide bonds. The van der Waals surface area contributed by atoms with Gasteiger partial charge in [0.25, 0.3) is 5.56 Å². The third-order valence-electron chi connectivity index (χ3n) is 7.40. The van der Waals surface area contributed by atoms with Gasteiger partial charge in [-0.2, -0.15) is 0 Å². The first-order valence-corrected chi connectivity index (χ1v) is 13.7. The van der Waals surface area contributed by atoms with Gasteiger partial charge in [-0.3, -0.25) is 14.2 Å². The number of carbonyl (C=O) groups excluding carboxylic acids is 1. The summed E-state index contributed by atoms with van der Waals surface area (Å²) < 4.78 is 1.75. The maximum atomic E-state index is 14.3. The average molecular weight is 500 g/mol. The number of thioether (sulfide) groups is 1. The van der Waals surface area contributed by atoms with Gasteiger partial charge >= 0.3 is 0 Å². The normalized spacial score (nSPS) is 16.6. The van der Waals surface area contributed by atoms with E-state index in [1.807, 2.05) is 50.2 Å². The van der Waals surface area contributed by atoms with Crippen LogP contribution in [0.3, 0.4) is 0 Å². The van der Waals surface area contributed by atoms with E-state index in [1.165, 1.54) is 23.7 Å². The van der Waals surface area contributed by atoms with E-state index >= 15 is 0 Å². The van der Waals surface area contributed by atoms with Crippen LogP contribution >= 0.6 is 11.8 Å². The third-order valence-corrected chi connectivity index (χ3v) is 8.49. The van der Waals surface area contributed by atoms with Gasteiger partial charge in [0, 0.05) is 23.2 Å². The van der Waals surface area contributed by atoms with Gasteiger partial charge in [-0.15, -0.1) is 0 Å². The number of aromatic nitrogens is 2. The molecular formula is C30H33N3O2S. The molecule has 1 atom stereocenters. The Kier molecular flexibility index (Phi) is 6.89. The summed E-state index contributed by atoms with van der Waals surface area (Å²) in [5, 5.41) is 3.10. The van der Waals surface area contributed by atoms with Crippen molar-refractivity contribution in [3.05, 3.63) is 88.2 Å². The lowest BCUT2D eigenvalue weighted by atomic mass is 9.62. The lowest BCUT2D eigenvalue weighted by molar-refractivity contribution is -0.115. The fraction of sp³-hybridized carbons (Fsp3) is 0.367. The molecule has 0 unspecified atom stereocenters. The maximum Gasteiger partial charge on any atom is 0.258 e. The van der Waals surface area contributed by atoms with Crippen molar-refractivity contribution in [3.63, 3.8) is 0 Å². The second-order valence-electron chi connectivity index (χ2n) is 10.3. The van der Waals surface area contributed by atoms with Crippen LogP contribution in [0, 0.1) is 0 Å². The lowest BCUT2D eigenvalue weighted by Gasteiger charge is -2.42. The Balaban J connectivity index is 1.60. The first-order valence-electron chi connectivity index (χ1n) is 12.8. The summed E-state index contributed by atoms with van der Waals surface area (Å²) in [6.45, 7) is 8.26. The number of allylic oxidation sites excluding steroid dienone is 1. The topological polar surface area (TPSA) is 64.0 Å². The quantitative estimate of drug-likeness (QED) is 0.243. The highest BCUT2D eigenvalue weighted by Crippen LogP contribution is 2.49. The molecule has 0 aliphatic heterocycles. The van der Waals surface area contributed by atoms with Crippen LogP contribution in [0.4, 0.5) is 5.69 Å². The van der Waals surface area contributed by atoms with E-state index in [2.05, 4.69) is 30.1 Å². The largest absolute Gasteiger partial charge is 0.325 e. The van der Waals surface area contributed by atoms with E-state index in [0.29, 0.717) is 11.7 Å². The molecule has 6 heteroatoms. The predicted molar refractivity (Wildman–Crippen MR) is 148 cm³/mol. The smallest absolute Gasteiger partial charge is 0.258 e. The number of hydrogen-bond donors (Lipinski definition) is 1.